The Bertz CT molecular complexity index is 676. The van der Waals surface area contributed by atoms with Gasteiger partial charge in [-0.1, -0.05) is 11.6 Å². The smallest absolute Gasteiger partial charge is 0.257 e. The predicted octanol–water partition coefficient (Wildman–Crippen LogP) is 2.27. The first kappa shape index (κ1) is 15.9. The first-order valence-electron chi connectivity index (χ1n) is 6.61. The number of carbonyl (C=O) groups excluding carboxylic acids is 2. The first-order valence-corrected chi connectivity index (χ1v) is 6.99. The molecule has 6 nitrogen and oxygen atoms in total. The second-order valence-electron chi connectivity index (χ2n) is 4.48. The van der Waals surface area contributed by atoms with Crippen molar-refractivity contribution < 1.29 is 9.59 Å². The van der Waals surface area contributed by atoms with Crippen LogP contribution >= 0.6 is 11.6 Å². The van der Waals surface area contributed by atoms with E-state index in [1.807, 2.05) is 0 Å². The van der Waals surface area contributed by atoms with Gasteiger partial charge in [-0.3, -0.25) is 14.6 Å². The summed E-state index contributed by atoms with van der Waals surface area (Å²) in [5, 5.41) is 5.75. The highest BCUT2D eigenvalue weighted by Crippen LogP contribution is 2.26. The maximum absolute atomic E-state index is 12.0. The molecule has 7 heteroatoms. The fraction of sp³-hybridized carbons (Fsp3) is 0.133. The lowest BCUT2D eigenvalue weighted by molar-refractivity contribution is -0.116. The topological polar surface area (TPSA) is 97.1 Å². The van der Waals surface area contributed by atoms with Gasteiger partial charge in [0.2, 0.25) is 5.91 Å². The van der Waals surface area contributed by atoms with Crippen molar-refractivity contribution in [3.05, 3.63) is 53.3 Å². The number of nitrogens with two attached hydrogens (primary N) is 1. The summed E-state index contributed by atoms with van der Waals surface area (Å²) >= 11 is 6.03. The number of rotatable bonds is 5. The molecule has 114 valence electrons. The lowest BCUT2D eigenvalue weighted by Gasteiger charge is -2.10. The highest BCUT2D eigenvalue weighted by atomic mass is 35.5. The molecule has 2 aromatic rings. The van der Waals surface area contributed by atoms with E-state index in [0.29, 0.717) is 22.0 Å². The quantitative estimate of drug-likeness (QED) is 0.787. The zero-order valence-electron chi connectivity index (χ0n) is 11.7. The number of benzene rings is 1. The van der Waals surface area contributed by atoms with E-state index in [1.54, 1.807) is 36.5 Å². The van der Waals surface area contributed by atoms with E-state index in [9.17, 15) is 9.59 Å². The number of carbonyl (C=O) groups is 2. The maximum atomic E-state index is 12.0. The number of pyridine rings is 1. The molecule has 0 saturated carbocycles. The fourth-order valence-electron chi connectivity index (χ4n) is 1.74. The molecule has 0 radical (unpaired) electrons. The van der Waals surface area contributed by atoms with E-state index in [0.717, 1.165) is 0 Å². The molecule has 0 atom stereocenters. The Hall–Kier alpha value is -2.44. The molecule has 2 rings (SSSR count). The Morgan fingerprint density at radius 2 is 2.05 bits per heavy atom. The minimum atomic E-state index is -0.297. The highest BCUT2D eigenvalue weighted by Gasteiger charge is 2.09. The predicted molar refractivity (Wildman–Crippen MR) is 85.9 cm³/mol. The van der Waals surface area contributed by atoms with Gasteiger partial charge in [-0.25, -0.2) is 0 Å². The summed E-state index contributed by atoms with van der Waals surface area (Å²) in [5.74, 6) is -0.533. The lowest BCUT2D eigenvalue weighted by Crippen LogP contribution is -2.17. The van der Waals surface area contributed by atoms with Crippen LogP contribution in [0.2, 0.25) is 5.02 Å². The van der Waals surface area contributed by atoms with E-state index >= 15 is 0 Å². The molecule has 0 aliphatic carbocycles. The standard InChI is InChI=1S/C15H15ClN4O2/c16-12-4-3-11(8-13(12)20-14(21)5-6-17)19-15(22)10-2-1-7-18-9-10/h1-4,7-9H,5-6,17H2,(H,19,22)(H,20,21). The molecule has 0 spiro atoms. The van der Waals surface area contributed by atoms with Crippen LogP contribution in [0.4, 0.5) is 11.4 Å². The van der Waals surface area contributed by atoms with Crippen molar-refractivity contribution in [2.75, 3.05) is 17.2 Å². The molecule has 0 aliphatic rings. The van der Waals surface area contributed by atoms with Crippen molar-refractivity contribution in [2.24, 2.45) is 5.73 Å². The summed E-state index contributed by atoms with van der Waals surface area (Å²) in [4.78, 5) is 27.5. The molecule has 1 aromatic heterocycles. The van der Waals surface area contributed by atoms with Crippen LogP contribution in [0, 0.1) is 0 Å². The van der Waals surface area contributed by atoms with Crippen LogP contribution < -0.4 is 16.4 Å². The van der Waals surface area contributed by atoms with Crippen molar-refractivity contribution in [2.45, 2.75) is 6.42 Å². The van der Waals surface area contributed by atoms with Gasteiger partial charge >= 0.3 is 0 Å². The fourth-order valence-corrected chi connectivity index (χ4v) is 1.91. The Balaban J connectivity index is 2.12. The van der Waals surface area contributed by atoms with Crippen molar-refractivity contribution in [3.8, 4) is 0 Å². The number of hydrogen-bond donors (Lipinski definition) is 3. The monoisotopic (exact) mass is 318 g/mol. The lowest BCUT2D eigenvalue weighted by atomic mass is 10.2. The molecule has 2 amide bonds. The SMILES string of the molecule is NCCC(=O)Nc1cc(NC(=O)c2cccnc2)ccc1Cl. The molecule has 0 aliphatic heterocycles. The van der Waals surface area contributed by atoms with Gasteiger partial charge in [-0.05, 0) is 30.3 Å². The highest BCUT2D eigenvalue weighted by molar-refractivity contribution is 6.33. The molecule has 0 bridgehead atoms. The average Bonchev–Trinajstić information content (AvgIpc) is 2.51. The third kappa shape index (κ3) is 4.28. The third-order valence-corrected chi connectivity index (χ3v) is 3.12. The van der Waals surface area contributed by atoms with E-state index in [1.165, 1.54) is 6.20 Å². The van der Waals surface area contributed by atoms with E-state index in [4.69, 9.17) is 17.3 Å². The van der Waals surface area contributed by atoms with Gasteiger partial charge in [-0.15, -0.1) is 0 Å². The molecule has 0 saturated heterocycles. The summed E-state index contributed by atoms with van der Waals surface area (Å²) in [6, 6.07) is 8.16. The zero-order chi connectivity index (χ0) is 15.9. The molecular formula is C15H15ClN4O2. The Morgan fingerprint density at radius 3 is 2.73 bits per heavy atom. The molecular weight excluding hydrogens is 304 g/mol. The summed E-state index contributed by atoms with van der Waals surface area (Å²) in [6.45, 7) is 0.251. The maximum Gasteiger partial charge on any atom is 0.257 e. The number of amides is 2. The number of nitrogens with one attached hydrogen (secondary N) is 2. The minimum Gasteiger partial charge on any atom is -0.330 e. The van der Waals surface area contributed by atoms with E-state index < -0.39 is 0 Å². The zero-order valence-corrected chi connectivity index (χ0v) is 12.4. The van der Waals surface area contributed by atoms with Gasteiger partial charge in [0.1, 0.15) is 0 Å². The Labute approximate surface area is 132 Å². The van der Waals surface area contributed by atoms with Crippen molar-refractivity contribution >= 4 is 34.8 Å². The minimum absolute atomic E-state index is 0.197. The number of aromatic nitrogens is 1. The number of anilines is 2. The van der Waals surface area contributed by atoms with Crippen LogP contribution in [0.5, 0.6) is 0 Å². The average molecular weight is 319 g/mol. The number of nitrogens with zero attached hydrogens (tertiary/aromatic N) is 1. The van der Waals surface area contributed by atoms with Crippen molar-refractivity contribution in [1.29, 1.82) is 0 Å². The normalized spacial score (nSPS) is 10.1. The first-order chi connectivity index (χ1) is 10.6. The van der Waals surface area contributed by atoms with Crippen LogP contribution in [0.3, 0.4) is 0 Å². The summed E-state index contributed by atoms with van der Waals surface area (Å²) in [5.41, 5.74) is 6.70. The van der Waals surface area contributed by atoms with Gasteiger partial charge in [0.05, 0.1) is 16.3 Å². The van der Waals surface area contributed by atoms with Crippen LogP contribution in [-0.4, -0.2) is 23.3 Å². The Morgan fingerprint density at radius 1 is 1.23 bits per heavy atom. The Kier molecular flexibility index (Phi) is 5.46. The van der Waals surface area contributed by atoms with Crippen molar-refractivity contribution in [3.63, 3.8) is 0 Å². The number of hydrogen-bond acceptors (Lipinski definition) is 4. The molecule has 0 fully saturated rings. The van der Waals surface area contributed by atoms with Crippen LogP contribution in [-0.2, 0) is 4.79 Å². The van der Waals surface area contributed by atoms with Crippen molar-refractivity contribution in [1.82, 2.24) is 4.98 Å². The number of halogens is 1. The summed E-state index contributed by atoms with van der Waals surface area (Å²) in [6.07, 6.45) is 3.25. The van der Waals surface area contributed by atoms with Crippen LogP contribution in [0.15, 0.2) is 42.7 Å². The second kappa shape index (κ2) is 7.53. The van der Waals surface area contributed by atoms with Gasteiger partial charge in [0, 0.05) is 31.0 Å². The third-order valence-electron chi connectivity index (χ3n) is 2.79. The molecule has 4 N–H and O–H groups in total. The molecule has 0 unspecified atom stereocenters. The van der Waals surface area contributed by atoms with Gasteiger partial charge in [0.15, 0.2) is 0 Å². The van der Waals surface area contributed by atoms with E-state index in [-0.39, 0.29) is 24.8 Å². The largest absolute Gasteiger partial charge is 0.330 e. The second-order valence-corrected chi connectivity index (χ2v) is 4.88. The molecule has 1 heterocycles. The molecule has 22 heavy (non-hydrogen) atoms. The summed E-state index contributed by atoms with van der Waals surface area (Å²) < 4.78 is 0. The van der Waals surface area contributed by atoms with Crippen LogP contribution in [0.25, 0.3) is 0 Å². The van der Waals surface area contributed by atoms with Gasteiger partial charge < -0.3 is 16.4 Å². The van der Waals surface area contributed by atoms with Gasteiger partial charge in [0.25, 0.3) is 5.91 Å². The summed E-state index contributed by atoms with van der Waals surface area (Å²) in [7, 11) is 0. The van der Waals surface area contributed by atoms with Crippen LogP contribution in [0.1, 0.15) is 16.8 Å². The van der Waals surface area contributed by atoms with Gasteiger partial charge in [-0.2, -0.15) is 0 Å². The van der Waals surface area contributed by atoms with E-state index in [2.05, 4.69) is 15.6 Å². The molecule has 1 aromatic carbocycles.